The van der Waals surface area contributed by atoms with E-state index in [1.54, 1.807) is 12.1 Å². The highest BCUT2D eigenvalue weighted by Gasteiger charge is 2.14. The molecule has 1 amide bonds. The average molecular weight is 293 g/mol. The Labute approximate surface area is 128 Å². The van der Waals surface area contributed by atoms with Crippen LogP contribution in [0.1, 0.15) is 28.9 Å². The number of hydrogen-bond acceptors (Lipinski definition) is 1. The molecule has 3 aromatic rings. The molecule has 0 radical (unpaired) electrons. The lowest BCUT2D eigenvalue weighted by molar-refractivity contribution is 0.0936. The Hall–Kier alpha value is -2.68. The summed E-state index contributed by atoms with van der Waals surface area (Å²) in [7, 11) is 0. The minimum Gasteiger partial charge on any atom is -0.345 e. The molecule has 2 nitrogen and oxygen atoms in total. The van der Waals surface area contributed by atoms with Gasteiger partial charge in [0, 0.05) is 0 Å². The fourth-order valence-electron chi connectivity index (χ4n) is 2.48. The van der Waals surface area contributed by atoms with Crippen LogP contribution in [0.4, 0.5) is 4.39 Å². The molecule has 0 spiro atoms. The Balaban J connectivity index is 1.82. The van der Waals surface area contributed by atoms with Gasteiger partial charge in [-0.1, -0.05) is 48.5 Å². The van der Waals surface area contributed by atoms with Crippen LogP contribution < -0.4 is 5.32 Å². The fraction of sp³-hybridized carbons (Fsp3) is 0.105. The third-order valence-electron chi connectivity index (χ3n) is 3.74. The number of benzene rings is 3. The number of hydrogen-bond donors (Lipinski definition) is 1. The van der Waals surface area contributed by atoms with Crippen molar-refractivity contribution in [2.75, 3.05) is 0 Å². The van der Waals surface area contributed by atoms with Crippen molar-refractivity contribution in [2.45, 2.75) is 13.0 Å². The minimum absolute atomic E-state index is 0.0649. The Morgan fingerprint density at radius 2 is 1.64 bits per heavy atom. The monoisotopic (exact) mass is 293 g/mol. The molecule has 0 saturated heterocycles. The smallest absolute Gasteiger partial charge is 0.254 e. The van der Waals surface area contributed by atoms with Gasteiger partial charge in [-0.3, -0.25) is 4.79 Å². The van der Waals surface area contributed by atoms with Crippen LogP contribution in [0.25, 0.3) is 10.8 Å². The molecule has 0 heterocycles. The van der Waals surface area contributed by atoms with E-state index < -0.39 is 11.7 Å². The molecular weight excluding hydrogens is 277 g/mol. The first-order valence-electron chi connectivity index (χ1n) is 7.19. The van der Waals surface area contributed by atoms with Gasteiger partial charge in [-0.25, -0.2) is 4.39 Å². The zero-order valence-electron chi connectivity index (χ0n) is 12.2. The zero-order chi connectivity index (χ0) is 15.5. The van der Waals surface area contributed by atoms with Crippen molar-refractivity contribution in [1.29, 1.82) is 0 Å². The molecule has 3 heteroatoms. The van der Waals surface area contributed by atoms with Crippen LogP contribution in [-0.2, 0) is 0 Å². The van der Waals surface area contributed by atoms with Crippen molar-refractivity contribution in [1.82, 2.24) is 5.32 Å². The van der Waals surface area contributed by atoms with Crippen LogP contribution >= 0.6 is 0 Å². The number of carbonyl (C=O) groups is 1. The summed E-state index contributed by atoms with van der Waals surface area (Å²) >= 11 is 0. The summed E-state index contributed by atoms with van der Waals surface area (Å²) in [5.74, 6) is -0.913. The molecule has 0 aliphatic rings. The summed E-state index contributed by atoms with van der Waals surface area (Å²) in [6.45, 7) is 1.89. The Kier molecular flexibility index (Phi) is 3.88. The molecular formula is C19H16FNO. The van der Waals surface area contributed by atoms with E-state index in [1.807, 2.05) is 49.4 Å². The highest BCUT2D eigenvalue weighted by atomic mass is 19.1. The predicted molar refractivity (Wildman–Crippen MR) is 86.2 cm³/mol. The van der Waals surface area contributed by atoms with Gasteiger partial charge in [0.2, 0.25) is 0 Å². The molecule has 0 fully saturated rings. The largest absolute Gasteiger partial charge is 0.345 e. The second-order valence-electron chi connectivity index (χ2n) is 5.28. The summed E-state index contributed by atoms with van der Waals surface area (Å²) < 4.78 is 13.6. The molecule has 0 unspecified atom stereocenters. The maximum atomic E-state index is 13.6. The SMILES string of the molecule is C[C@H](NC(=O)c1ccccc1F)c1ccc2ccccc2c1. The molecule has 0 aliphatic heterocycles. The third kappa shape index (κ3) is 2.84. The van der Waals surface area contributed by atoms with Crippen molar-refractivity contribution in [3.8, 4) is 0 Å². The molecule has 0 saturated carbocycles. The lowest BCUT2D eigenvalue weighted by Gasteiger charge is -2.15. The number of carbonyl (C=O) groups excluding carboxylic acids is 1. The molecule has 3 aromatic carbocycles. The van der Waals surface area contributed by atoms with Gasteiger partial charge in [-0.05, 0) is 41.5 Å². The van der Waals surface area contributed by atoms with Crippen molar-refractivity contribution >= 4 is 16.7 Å². The van der Waals surface area contributed by atoms with E-state index in [0.717, 1.165) is 16.3 Å². The maximum Gasteiger partial charge on any atom is 0.254 e. The van der Waals surface area contributed by atoms with Crippen molar-refractivity contribution in [2.24, 2.45) is 0 Å². The van der Waals surface area contributed by atoms with Gasteiger partial charge in [0.1, 0.15) is 5.82 Å². The normalized spacial score (nSPS) is 12.1. The average Bonchev–Trinajstić information content (AvgIpc) is 2.54. The van der Waals surface area contributed by atoms with E-state index in [-0.39, 0.29) is 11.6 Å². The van der Waals surface area contributed by atoms with Gasteiger partial charge in [0.15, 0.2) is 0 Å². The molecule has 0 aliphatic carbocycles. The number of halogens is 1. The van der Waals surface area contributed by atoms with Crippen LogP contribution in [0.2, 0.25) is 0 Å². The Morgan fingerprint density at radius 1 is 0.955 bits per heavy atom. The van der Waals surface area contributed by atoms with Gasteiger partial charge in [0.25, 0.3) is 5.91 Å². The fourth-order valence-corrected chi connectivity index (χ4v) is 2.48. The lowest BCUT2D eigenvalue weighted by Crippen LogP contribution is -2.27. The van der Waals surface area contributed by atoms with Gasteiger partial charge in [-0.2, -0.15) is 0 Å². The maximum absolute atomic E-state index is 13.6. The number of rotatable bonds is 3. The molecule has 1 atom stereocenters. The van der Waals surface area contributed by atoms with E-state index in [9.17, 15) is 9.18 Å². The Bertz CT molecular complexity index is 828. The molecule has 110 valence electrons. The van der Waals surface area contributed by atoms with Crippen LogP contribution in [0.5, 0.6) is 0 Å². The number of fused-ring (bicyclic) bond motifs is 1. The van der Waals surface area contributed by atoms with Crippen LogP contribution in [0, 0.1) is 5.82 Å². The topological polar surface area (TPSA) is 29.1 Å². The van der Waals surface area contributed by atoms with E-state index in [4.69, 9.17) is 0 Å². The number of amides is 1. The second kappa shape index (κ2) is 5.98. The Morgan fingerprint density at radius 3 is 2.41 bits per heavy atom. The van der Waals surface area contributed by atoms with E-state index in [1.165, 1.54) is 12.1 Å². The minimum atomic E-state index is -0.509. The van der Waals surface area contributed by atoms with Crippen molar-refractivity contribution < 1.29 is 9.18 Å². The third-order valence-corrected chi connectivity index (χ3v) is 3.74. The van der Waals surface area contributed by atoms with Gasteiger partial charge in [0.05, 0.1) is 11.6 Å². The molecule has 0 aromatic heterocycles. The van der Waals surface area contributed by atoms with Gasteiger partial charge in [-0.15, -0.1) is 0 Å². The molecule has 0 bridgehead atoms. The quantitative estimate of drug-likeness (QED) is 0.758. The summed E-state index contributed by atoms with van der Waals surface area (Å²) in [5, 5.41) is 5.11. The van der Waals surface area contributed by atoms with Gasteiger partial charge >= 0.3 is 0 Å². The first kappa shape index (κ1) is 14.3. The van der Waals surface area contributed by atoms with Gasteiger partial charge < -0.3 is 5.32 Å². The second-order valence-corrected chi connectivity index (χ2v) is 5.28. The highest BCUT2D eigenvalue weighted by molar-refractivity contribution is 5.94. The summed E-state index contributed by atoms with van der Waals surface area (Å²) in [6, 6.07) is 19.9. The van der Waals surface area contributed by atoms with Crippen LogP contribution in [0.15, 0.2) is 66.7 Å². The summed E-state index contributed by atoms with van der Waals surface area (Å²) in [5.41, 5.74) is 1.05. The van der Waals surface area contributed by atoms with Crippen LogP contribution in [-0.4, -0.2) is 5.91 Å². The zero-order valence-corrected chi connectivity index (χ0v) is 12.2. The van der Waals surface area contributed by atoms with E-state index in [0.29, 0.717) is 0 Å². The van der Waals surface area contributed by atoms with Crippen LogP contribution in [0.3, 0.4) is 0 Å². The molecule has 22 heavy (non-hydrogen) atoms. The summed E-state index contributed by atoms with van der Waals surface area (Å²) in [4.78, 5) is 12.2. The highest BCUT2D eigenvalue weighted by Crippen LogP contribution is 2.20. The predicted octanol–water partition coefficient (Wildman–Crippen LogP) is 4.47. The standard InChI is InChI=1S/C19H16FNO/c1-13(21-19(22)17-8-4-5-9-18(17)20)15-11-10-14-6-2-3-7-16(14)12-15/h2-13H,1H3,(H,21,22)/t13-/m0/s1. The van der Waals surface area contributed by atoms with E-state index >= 15 is 0 Å². The first-order valence-corrected chi connectivity index (χ1v) is 7.19. The first-order chi connectivity index (χ1) is 10.6. The van der Waals surface area contributed by atoms with Crippen molar-refractivity contribution in [3.05, 3.63) is 83.7 Å². The molecule has 1 N–H and O–H groups in total. The van der Waals surface area contributed by atoms with Crippen molar-refractivity contribution in [3.63, 3.8) is 0 Å². The van der Waals surface area contributed by atoms with E-state index in [2.05, 4.69) is 5.32 Å². The lowest BCUT2D eigenvalue weighted by atomic mass is 10.0. The summed E-state index contributed by atoms with van der Waals surface area (Å²) in [6.07, 6.45) is 0. The molecule has 3 rings (SSSR count). The number of nitrogens with one attached hydrogen (secondary N) is 1.